The van der Waals surface area contributed by atoms with Crippen molar-refractivity contribution in [2.24, 2.45) is 5.92 Å². The van der Waals surface area contributed by atoms with Crippen LogP contribution in [0.2, 0.25) is 0 Å². The van der Waals surface area contributed by atoms with Crippen LogP contribution in [0, 0.1) is 17.8 Å². The predicted molar refractivity (Wildman–Crippen MR) is 198 cm³/mol. The summed E-state index contributed by atoms with van der Waals surface area (Å²) in [5, 5.41) is 15.4. The second kappa shape index (κ2) is 18.7. The first-order chi connectivity index (χ1) is 24.4. The third kappa shape index (κ3) is 9.73. The molecule has 1 amide bonds. The van der Waals surface area contributed by atoms with Crippen LogP contribution in [0.1, 0.15) is 73.9 Å². The van der Waals surface area contributed by atoms with Crippen molar-refractivity contribution in [3.05, 3.63) is 95.6 Å². The summed E-state index contributed by atoms with van der Waals surface area (Å²) in [6, 6.07) is 24.9. The summed E-state index contributed by atoms with van der Waals surface area (Å²) in [7, 11) is 1.61. The minimum Gasteiger partial charge on any atom is -0.393 e. The van der Waals surface area contributed by atoms with E-state index in [1.165, 1.54) is 11.4 Å². The van der Waals surface area contributed by atoms with Gasteiger partial charge < -0.3 is 25.0 Å². The number of amides is 1. The molecule has 5 rings (SSSR count). The quantitative estimate of drug-likeness (QED) is 0.136. The first-order valence-electron chi connectivity index (χ1n) is 18.0. The molecule has 1 fully saturated rings. The predicted octanol–water partition coefficient (Wildman–Crippen LogP) is 5.81. The molecule has 9 heteroatoms. The molecular weight excluding hydrogens is 628 g/mol. The van der Waals surface area contributed by atoms with E-state index in [1.807, 2.05) is 42.5 Å². The van der Waals surface area contributed by atoms with Gasteiger partial charge in [0.15, 0.2) is 5.78 Å². The fraction of sp³-hybridized carbons (Fsp3) is 0.463. The lowest BCUT2D eigenvalue weighted by molar-refractivity contribution is -0.183. The number of hydroxylamine groups is 2. The molecule has 2 aliphatic heterocycles. The number of aliphatic hydroxyl groups is 1. The Balaban J connectivity index is 1.14. The third-order valence-corrected chi connectivity index (χ3v) is 9.46. The zero-order valence-corrected chi connectivity index (χ0v) is 29.7. The number of benzene rings is 3. The van der Waals surface area contributed by atoms with Gasteiger partial charge in [0.1, 0.15) is 12.1 Å². The second-order valence-electron chi connectivity index (χ2n) is 13.3. The smallest absolute Gasteiger partial charge is 0.252 e. The number of ketones is 1. The summed E-state index contributed by atoms with van der Waals surface area (Å²) >= 11 is 0. The van der Waals surface area contributed by atoms with Crippen molar-refractivity contribution in [1.82, 2.24) is 10.4 Å². The largest absolute Gasteiger partial charge is 0.393 e. The summed E-state index contributed by atoms with van der Waals surface area (Å²) in [4.78, 5) is 37.4. The number of carbonyl (C=O) groups excluding carboxylic acids is 2. The fourth-order valence-electron chi connectivity index (χ4n) is 7.10. The topological polar surface area (TPSA) is 94.6 Å². The molecule has 0 aromatic heterocycles. The molecule has 266 valence electrons. The first kappa shape index (κ1) is 37.1. The van der Waals surface area contributed by atoms with Crippen LogP contribution in [0.25, 0.3) is 0 Å². The van der Waals surface area contributed by atoms with E-state index < -0.39 is 24.2 Å². The fourth-order valence-corrected chi connectivity index (χ4v) is 7.10. The van der Waals surface area contributed by atoms with Crippen molar-refractivity contribution >= 4 is 23.1 Å². The van der Waals surface area contributed by atoms with Crippen LogP contribution in [-0.2, 0) is 20.9 Å². The summed E-state index contributed by atoms with van der Waals surface area (Å²) < 4.78 is 5.43. The molecule has 2 heterocycles. The molecule has 0 spiro atoms. The maximum Gasteiger partial charge on any atom is 0.252 e. The van der Waals surface area contributed by atoms with Gasteiger partial charge in [0, 0.05) is 50.2 Å². The number of anilines is 2. The van der Waals surface area contributed by atoms with Gasteiger partial charge in [0.05, 0.1) is 37.3 Å². The molecule has 2 aliphatic rings. The molecule has 0 saturated carbocycles. The number of nitrogens with one attached hydrogen (secondary N) is 1. The number of hydrogen-bond donors (Lipinski definition) is 2. The van der Waals surface area contributed by atoms with Gasteiger partial charge in [-0.05, 0) is 68.1 Å². The summed E-state index contributed by atoms with van der Waals surface area (Å²) in [5.41, 5.74) is 4.97. The zero-order chi connectivity index (χ0) is 35.3. The molecule has 0 unspecified atom stereocenters. The summed E-state index contributed by atoms with van der Waals surface area (Å²) in [5.74, 6) is 5.67. The Morgan fingerprint density at radius 2 is 1.68 bits per heavy atom. The number of carbonyl (C=O) groups is 2. The highest BCUT2D eigenvalue weighted by Gasteiger charge is 2.48. The number of fused-ring (bicyclic) bond motifs is 1. The van der Waals surface area contributed by atoms with Crippen molar-refractivity contribution in [3.8, 4) is 11.8 Å². The molecule has 2 N–H and O–H groups in total. The van der Waals surface area contributed by atoms with Crippen molar-refractivity contribution in [2.45, 2.75) is 77.2 Å². The molecule has 0 radical (unpaired) electrons. The minimum atomic E-state index is -0.743. The van der Waals surface area contributed by atoms with Gasteiger partial charge in [-0.2, -0.15) is 5.06 Å². The lowest BCUT2D eigenvalue weighted by atomic mass is 9.86. The van der Waals surface area contributed by atoms with Crippen LogP contribution < -0.4 is 15.1 Å². The SMILES string of the molecule is CCCN1CN(CCCCCCC(=O)[C@H]2[C@@H]([C@@H](C)O)[C@@H](COC)ON2Cc2cccc(C#CCNC(=O)c3ccccc3)c2)c2ccccc21. The first-order valence-corrected chi connectivity index (χ1v) is 18.0. The lowest BCUT2D eigenvalue weighted by Crippen LogP contribution is -2.43. The van der Waals surface area contributed by atoms with Crippen LogP contribution >= 0.6 is 0 Å². The van der Waals surface area contributed by atoms with Gasteiger partial charge >= 0.3 is 0 Å². The summed E-state index contributed by atoms with van der Waals surface area (Å²) in [6.45, 7) is 7.83. The van der Waals surface area contributed by atoms with Crippen LogP contribution in [0.4, 0.5) is 11.4 Å². The highest BCUT2D eigenvalue weighted by atomic mass is 16.7. The normalized spacial score (nSPS) is 19.2. The van der Waals surface area contributed by atoms with E-state index in [-0.39, 0.29) is 24.8 Å². The number of nitrogens with zero attached hydrogens (tertiary/aromatic N) is 3. The highest BCUT2D eigenvalue weighted by molar-refractivity contribution is 5.94. The van der Waals surface area contributed by atoms with Crippen LogP contribution in [-0.4, -0.2) is 80.1 Å². The van der Waals surface area contributed by atoms with E-state index in [9.17, 15) is 14.7 Å². The van der Waals surface area contributed by atoms with Crippen molar-refractivity contribution in [1.29, 1.82) is 0 Å². The monoisotopic (exact) mass is 680 g/mol. The number of ether oxygens (including phenoxy) is 1. The Morgan fingerprint density at radius 1 is 0.960 bits per heavy atom. The maximum absolute atomic E-state index is 13.8. The van der Waals surface area contributed by atoms with Gasteiger partial charge in [-0.1, -0.05) is 74.1 Å². The molecule has 1 saturated heterocycles. The summed E-state index contributed by atoms with van der Waals surface area (Å²) in [6.07, 6.45) is 4.29. The van der Waals surface area contributed by atoms with Crippen LogP contribution in [0.3, 0.4) is 0 Å². The van der Waals surface area contributed by atoms with Gasteiger partial charge in [-0.3, -0.25) is 14.4 Å². The van der Waals surface area contributed by atoms with Gasteiger partial charge in [-0.25, -0.2) is 0 Å². The molecule has 50 heavy (non-hydrogen) atoms. The number of aliphatic hydroxyl groups excluding tert-OH is 1. The number of para-hydroxylation sites is 2. The molecule has 9 nitrogen and oxygen atoms in total. The lowest BCUT2D eigenvalue weighted by Gasteiger charge is -2.26. The molecule has 0 bridgehead atoms. The van der Waals surface area contributed by atoms with E-state index in [0.29, 0.717) is 18.5 Å². The standard InChI is InChI=1S/C41H52N4O5/c1-4-25-43-30-44(36-22-12-11-21-35(36)43)26-13-6-5-10-23-37(47)40-39(31(2)46)38(29-49-3)50-45(40)28-33-17-14-16-32(27-33)18-15-24-42-41(48)34-19-8-7-9-20-34/h7-9,11-12,14,16-17,19-22,27,31,38-40,46H,4-6,10,13,23-26,28-30H2,1-3H3,(H,42,48)/t31-,38-,39+,40+/m1/s1. The van der Waals surface area contributed by atoms with Crippen LogP contribution in [0.15, 0.2) is 78.9 Å². The van der Waals surface area contributed by atoms with Crippen molar-refractivity contribution in [2.75, 3.05) is 49.8 Å². The van der Waals surface area contributed by atoms with Gasteiger partial charge in [0.25, 0.3) is 5.91 Å². The number of Topliss-reactive ketones (excluding diaryl/α,β-unsaturated/α-hetero) is 1. The van der Waals surface area contributed by atoms with Gasteiger partial charge in [-0.15, -0.1) is 0 Å². The molecule has 3 aromatic carbocycles. The molecule has 4 atom stereocenters. The number of methoxy groups -OCH3 is 1. The Labute approximate surface area is 297 Å². The van der Waals surface area contributed by atoms with E-state index in [1.54, 1.807) is 31.2 Å². The Morgan fingerprint density at radius 3 is 2.40 bits per heavy atom. The van der Waals surface area contributed by atoms with Crippen LogP contribution in [0.5, 0.6) is 0 Å². The Bertz CT molecular complexity index is 1600. The zero-order valence-electron chi connectivity index (χ0n) is 29.7. The Kier molecular flexibility index (Phi) is 13.9. The average Bonchev–Trinajstić information content (AvgIpc) is 3.66. The van der Waals surface area contributed by atoms with Gasteiger partial charge in [0.2, 0.25) is 0 Å². The van der Waals surface area contributed by atoms with Crippen molar-refractivity contribution < 1.29 is 24.3 Å². The Hall–Kier alpha value is -4.20. The van der Waals surface area contributed by atoms with E-state index in [2.05, 4.69) is 58.1 Å². The number of hydrogen-bond acceptors (Lipinski definition) is 8. The second-order valence-corrected chi connectivity index (χ2v) is 13.3. The van der Waals surface area contributed by atoms with E-state index in [4.69, 9.17) is 9.57 Å². The number of rotatable bonds is 17. The van der Waals surface area contributed by atoms with Crippen molar-refractivity contribution in [3.63, 3.8) is 0 Å². The molecule has 3 aromatic rings. The molecular formula is C41H52N4O5. The van der Waals surface area contributed by atoms with E-state index in [0.717, 1.165) is 63.0 Å². The average molecular weight is 681 g/mol. The highest BCUT2D eigenvalue weighted by Crippen LogP contribution is 2.36. The third-order valence-electron chi connectivity index (χ3n) is 9.46. The maximum atomic E-state index is 13.8. The van der Waals surface area contributed by atoms with E-state index >= 15 is 0 Å². The molecule has 0 aliphatic carbocycles. The minimum absolute atomic E-state index is 0.0864. The number of unbranched alkanes of at least 4 members (excludes halogenated alkanes) is 3.